The fraction of sp³-hybridized carbons (Fsp3) is 0.559. The average molecular weight is 606 g/mol. The quantitative estimate of drug-likeness (QED) is 0.316. The number of nitrogens with zero attached hydrogens (tertiary/aromatic N) is 3. The summed E-state index contributed by atoms with van der Waals surface area (Å²) in [7, 11) is 1.83. The van der Waals surface area contributed by atoms with Crippen molar-refractivity contribution in [1.29, 1.82) is 0 Å². The highest BCUT2D eigenvalue weighted by Gasteiger charge is 2.51. The van der Waals surface area contributed by atoms with E-state index in [1.54, 1.807) is 5.12 Å². The third kappa shape index (κ3) is 7.20. The first-order valence-corrected chi connectivity index (χ1v) is 16.0. The maximum absolute atomic E-state index is 14.6. The molecule has 4 N–H and O–H groups in total. The van der Waals surface area contributed by atoms with Crippen molar-refractivity contribution < 1.29 is 14.0 Å². The van der Waals surface area contributed by atoms with Crippen LogP contribution in [0, 0.1) is 24.1 Å². The number of nitrogens with one attached hydrogen (secondary N) is 4. The van der Waals surface area contributed by atoms with E-state index in [1.807, 2.05) is 49.2 Å². The summed E-state index contributed by atoms with van der Waals surface area (Å²) in [4.78, 5) is 34.7. The largest absolute Gasteiger partial charge is 0.349 e. The van der Waals surface area contributed by atoms with Crippen LogP contribution in [0.4, 0.5) is 4.39 Å². The van der Waals surface area contributed by atoms with E-state index < -0.39 is 5.66 Å². The summed E-state index contributed by atoms with van der Waals surface area (Å²) in [5.74, 6) is -0.0519. The van der Waals surface area contributed by atoms with Crippen molar-refractivity contribution >= 4 is 17.5 Å². The Morgan fingerprint density at radius 3 is 2.45 bits per heavy atom. The van der Waals surface area contributed by atoms with E-state index in [0.29, 0.717) is 29.3 Å². The number of aryl methyl sites for hydroxylation is 1. The van der Waals surface area contributed by atoms with E-state index in [9.17, 15) is 14.0 Å². The van der Waals surface area contributed by atoms with E-state index in [-0.39, 0.29) is 35.3 Å². The molecule has 2 aromatic rings. The Morgan fingerprint density at radius 2 is 1.86 bits per heavy atom. The zero-order chi connectivity index (χ0) is 31.6. The molecule has 1 saturated carbocycles. The number of halogens is 1. The molecular weight excluding hydrogens is 557 g/mol. The van der Waals surface area contributed by atoms with Crippen LogP contribution in [0.25, 0.3) is 0 Å². The molecule has 3 aliphatic rings. The van der Waals surface area contributed by atoms with E-state index in [1.165, 1.54) is 12.1 Å². The van der Waals surface area contributed by atoms with Gasteiger partial charge in [-0.15, -0.1) is 0 Å². The Kier molecular flexibility index (Phi) is 9.55. The van der Waals surface area contributed by atoms with Crippen LogP contribution >= 0.6 is 0 Å². The molecule has 238 valence electrons. The van der Waals surface area contributed by atoms with Gasteiger partial charge in [-0.05, 0) is 98.2 Å². The summed E-state index contributed by atoms with van der Waals surface area (Å²) in [5.41, 5.74) is 11.7. The molecule has 5 rings (SSSR count). The standard InChI is InChI=1S/C34H48FN7O2/c1-7-23-12-16-34(17-13-23)37-30(26-18-22(2)19-27(35)20-26)32(44)42(34)28(14-15-33(3,4)5)24-8-10-25(11-9-24)31(43)36-21-29-38-40-41(6)39-29/h8-11,18-20,23,28-29,38-40H,7,12-17,21H2,1-6H3,(H,36,43). The molecule has 0 aromatic heterocycles. The second-order valence-corrected chi connectivity index (χ2v) is 13.9. The monoisotopic (exact) mass is 605 g/mol. The summed E-state index contributed by atoms with van der Waals surface area (Å²) in [5, 5.41) is 4.65. The third-order valence-corrected chi connectivity index (χ3v) is 9.25. The molecule has 2 fully saturated rings. The van der Waals surface area contributed by atoms with Crippen molar-refractivity contribution in [3.05, 3.63) is 70.5 Å². The molecule has 2 amide bonds. The lowest BCUT2D eigenvalue weighted by atomic mass is 9.78. The summed E-state index contributed by atoms with van der Waals surface area (Å²) in [6.07, 6.45) is 6.21. The molecule has 44 heavy (non-hydrogen) atoms. The maximum Gasteiger partial charge on any atom is 0.275 e. The normalized spacial score (nSPS) is 25.0. The highest BCUT2D eigenvalue weighted by atomic mass is 19.1. The van der Waals surface area contributed by atoms with E-state index >= 15 is 0 Å². The number of amides is 2. The minimum atomic E-state index is -0.667. The Morgan fingerprint density at radius 1 is 1.16 bits per heavy atom. The van der Waals surface area contributed by atoms with Crippen LogP contribution in [0.15, 0.2) is 47.5 Å². The van der Waals surface area contributed by atoms with E-state index in [0.717, 1.165) is 56.1 Å². The zero-order valence-electron chi connectivity index (χ0n) is 27.0. The molecule has 2 unspecified atom stereocenters. The number of rotatable bonds is 9. The molecule has 1 saturated heterocycles. The molecule has 2 aliphatic heterocycles. The van der Waals surface area contributed by atoms with Gasteiger partial charge in [0.15, 0.2) is 0 Å². The second kappa shape index (κ2) is 13.0. The van der Waals surface area contributed by atoms with Gasteiger partial charge in [0.2, 0.25) is 0 Å². The lowest BCUT2D eigenvalue weighted by molar-refractivity contribution is -0.133. The number of benzene rings is 2. The van der Waals surface area contributed by atoms with Crippen molar-refractivity contribution in [2.75, 3.05) is 13.6 Å². The predicted octanol–water partition coefficient (Wildman–Crippen LogP) is 5.14. The van der Waals surface area contributed by atoms with Gasteiger partial charge in [0, 0.05) is 24.7 Å². The van der Waals surface area contributed by atoms with Crippen LogP contribution < -0.4 is 21.7 Å². The van der Waals surface area contributed by atoms with Gasteiger partial charge in [-0.25, -0.2) is 15.2 Å². The fourth-order valence-electron chi connectivity index (χ4n) is 6.74. The van der Waals surface area contributed by atoms with Crippen LogP contribution in [0.5, 0.6) is 0 Å². The molecule has 1 spiro atoms. The van der Waals surface area contributed by atoms with Crippen LogP contribution in [-0.4, -0.2) is 53.0 Å². The van der Waals surface area contributed by atoms with Gasteiger partial charge < -0.3 is 10.2 Å². The van der Waals surface area contributed by atoms with Crippen molar-refractivity contribution in [2.45, 2.75) is 97.4 Å². The average Bonchev–Trinajstić information content (AvgIpc) is 3.52. The summed E-state index contributed by atoms with van der Waals surface area (Å²) in [6, 6.07) is 12.2. The van der Waals surface area contributed by atoms with E-state index in [4.69, 9.17) is 4.99 Å². The van der Waals surface area contributed by atoms with Crippen molar-refractivity contribution in [3.63, 3.8) is 0 Å². The number of carbonyl (C=O) groups is 2. The van der Waals surface area contributed by atoms with Gasteiger partial charge >= 0.3 is 0 Å². The number of hydrogen-bond acceptors (Lipinski definition) is 7. The predicted molar refractivity (Wildman–Crippen MR) is 171 cm³/mol. The lowest BCUT2D eigenvalue weighted by Gasteiger charge is -2.45. The van der Waals surface area contributed by atoms with Crippen molar-refractivity contribution in [1.82, 2.24) is 31.7 Å². The smallest absolute Gasteiger partial charge is 0.275 e. The Hall–Kier alpha value is -3.18. The Labute approximate surface area is 261 Å². The van der Waals surface area contributed by atoms with Gasteiger partial charge in [-0.2, -0.15) is 10.7 Å². The van der Waals surface area contributed by atoms with Crippen LogP contribution in [0.3, 0.4) is 0 Å². The summed E-state index contributed by atoms with van der Waals surface area (Å²) < 4.78 is 14.6. The second-order valence-electron chi connectivity index (χ2n) is 13.9. The number of hydrogen-bond donors (Lipinski definition) is 4. The van der Waals surface area contributed by atoms with Gasteiger partial charge in [0.25, 0.3) is 11.8 Å². The molecule has 0 radical (unpaired) electrons. The fourth-order valence-corrected chi connectivity index (χ4v) is 6.74. The highest BCUT2D eigenvalue weighted by molar-refractivity contribution is 6.46. The van der Waals surface area contributed by atoms with E-state index in [2.05, 4.69) is 49.4 Å². The summed E-state index contributed by atoms with van der Waals surface area (Å²) in [6.45, 7) is 11.1. The number of aliphatic imine (C=N–C) groups is 1. The first-order chi connectivity index (χ1) is 20.9. The lowest BCUT2D eigenvalue weighted by Crippen LogP contribution is -2.51. The zero-order valence-corrected chi connectivity index (χ0v) is 27.0. The number of carbonyl (C=O) groups excluding carboxylic acids is 2. The minimum absolute atomic E-state index is 0.0580. The SMILES string of the molecule is CCC1CCC2(CC1)N=C(c1cc(C)cc(F)c1)C(=O)N2C(CCC(C)(C)C)c1ccc(C(=O)NCC2NNN(C)N2)cc1. The third-order valence-electron chi connectivity index (χ3n) is 9.25. The van der Waals surface area contributed by atoms with Crippen molar-refractivity contribution in [2.24, 2.45) is 16.3 Å². The molecule has 1 aliphatic carbocycles. The molecule has 2 atom stereocenters. The molecular formula is C34H48FN7O2. The summed E-state index contributed by atoms with van der Waals surface area (Å²) >= 11 is 0. The topological polar surface area (TPSA) is 101 Å². The first kappa shape index (κ1) is 32.2. The molecule has 10 heteroatoms. The van der Waals surface area contributed by atoms with Crippen LogP contribution in [0.1, 0.15) is 106 Å². The Bertz CT molecular complexity index is 1360. The maximum atomic E-state index is 14.6. The molecule has 2 heterocycles. The number of hydrazine groups is 3. The highest BCUT2D eigenvalue weighted by Crippen LogP contribution is 2.48. The molecule has 0 bridgehead atoms. The first-order valence-electron chi connectivity index (χ1n) is 16.0. The van der Waals surface area contributed by atoms with Gasteiger partial charge in [0.05, 0.1) is 6.04 Å². The van der Waals surface area contributed by atoms with Crippen LogP contribution in [-0.2, 0) is 4.79 Å². The van der Waals surface area contributed by atoms with Gasteiger partial charge in [0.1, 0.15) is 23.4 Å². The van der Waals surface area contributed by atoms with Gasteiger partial charge in [-0.3, -0.25) is 14.6 Å². The molecule has 2 aromatic carbocycles. The minimum Gasteiger partial charge on any atom is -0.349 e. The van der Waals surface area contributed by atoms with Gasteiger partial charge in [-0.1, -0.05) is 46.2 Å². The Balaban J connectivity index is 1.46. The van der Waals surface area contributed by atoms with Crippen LogP contribution in [0.2, 0.25) is 0 Å². The van der Waals surface area contributed by atoms with Crippen molar-refractivity contribution in [3.8, 4) is 0 Å². The molecule has 9 nitrogen and oxygen atoms in total.